The van der Waals surface area contributed by atoms with Gasteiger partial charge < -0.3 is 11.5 Å². The third-order valence-electron chi connectivity index (χ3n) is 7.84. The summed E-state index contributed by atoms with van der Waals surface area (Å²) in [6, 6.07) is 27.6. The molecule has 0 bridgehead atoms. The summed E-state index contributed by atoms with van der Waals surface area (Å²) >= 11 is 24.3. The number of amides is 1. The van der Waals surface area contributed by atoms with E-state index in [9.17, 15) is 4.79 Å². The van der Waals surface area contributed by atoms with Crippen LogP contribution < -0.4 is 11.5 Å². The van der Waals surface area contributed by atoms with Crippen LogP contribution in [-0.2, 0) is 4.79 Å². The highest BCUT2D eigenvalue weighted by molar-refractivity contribution is 6.42. The molecule has 0 saturated carbocycles. The van der Waals surface area contributed by atoms with Gasteiger partial charge in [0.2, 0.25) is 5.91 Å². The number of primary amides is 1. The Bertz CT molecular complexity index is 1890. The monoisotopic (exact) mass is 704 g/mol. The molecule has 6 aromatic rings. The summed E-state index contributed by atoms with van der Waals surface area (Å²) in [5.41, 5.74) is 19.7. The second-order valence-corrected chi connectivity index (χ2v) is 12.5. The molecular weight excluding hydrogens is 674 g/mol. The highest BCUT2D eigenvalue weighted by atomic mass is 35.5. The van der Waals surface area contributed by atoms with Gasteiger partial charge in [0.1, 0.15) is 0 Å². The predicted octanol–water partition coefficient (Wildman–Crippen LogP) is 9.25. The number of hydrogen-bond acceptors (Lipinski definition) is 4. The number of rotatable bonds is 10. The number of nitrogens with zero attached hydrogens (tertiary/aromatic N) is 2. The first-order valence-electron chi connectivity index (χ1n) is 14.8. The Morgan fingerprint density at radius 2 is 1.02 bits per heavy atom. The summed E-state index contributed by atoms with van der Waals surface area (Å²) in [4.78, 5) is 11.5. The molecule has 0 aliphatic carbocycles. The lowest BCUT2D eigenvalue weighted by molar-refractivity contribution is -0.118. The third kappa shape index (κ3) is 8.83. The van der Waals surface area contributed by atoms with Crippen molar-refractivity contribution >= 4 is 52.3 Å². The molecule has 2 heterocycles. The minimum absolute atomic E-state index is 0.171. The van der Waals surface area contributed by atoms with E-state index in [2.05, 4.69) is 44.7 Å². The van der Waals surface area contributed by atoms with Crippen LogP contribution in [0.25, 0.3) is 22.3 Å². The molecule has 1 amide bonds. The van der Waals surface area contributed by atoms with Gasteiger partial charge in [-0.05, 0) is 70.6 Å². The van der Waals surface area contributed by atoms with Crippen molar-refractivity contribution in [2.75, 3.05) is 6.54 Å². The summed E-state index contributed by atoms with van der Waals surface area (Å²) in [5, 5.41) is 15.6. The number of carbonyl (C=O) groups excluding carboxylic acids is 1. The van der Waals surface area contributed by atoms with Crippen LogP contribution in [0.15, 0.2) is 110 Å². The fourth-order valence-electron chi connectivity index (χ4n) is 5.41. The first-order chi connectivity index (χ1) is 22.7. The standard InChI is InChI=1S/C18H15Cl2N3O.C18H17Cl2N3/c19-16-6-5-13(7-17(16)20)15(8-18(21)24)12-3-1-11(2-4-12)14-9-22-23-10-14;19-17-6-5-14(9-18(17)20)16(7-8-21)13-3-1-12(2-4-13)15-10-22-23-11-15/h1-7,9-10,15H,8H2,(H2,21,24)(H,22,23);1-6,9-11,16H,7-8,21H2,(H,22,23)/t15-;16-/m11/s1. The van der Waals surface area contributed by atoms with E-state index < -0.39 is 0 Å². The van der Waals surface area contributed by atoms with Gasteiger partial charge >= 0.3 is 0 Å². The van der Waals surface area contributed by atoms with Crippen molar-refractivity contribution in [3.8, 4) is 22.3 Å². The first kappa shape index (κ1) is 34.2. The van der Waals surface area contributed by atoms with E-state index in [0.717, 1.165) is 45.4 Å². The lowest BCUT2D eigenvalue weighted by Crippen LogP contribution is -2.16. The van der Waals surface area contributed by atoms with E-state index >= 15 is 0 Å². The molecular formula is C36H32Cl4N6O. The Kier molecular flexibility index (Phi) is 11.7. The van der Waals surface area contributed by atoms with E-state index in [1.54, 1.807) is 18.3 Å². The maximum atomic E-state index is 11.5. The molecule has 0 spiro atoms. The van der Waals surface area contributed by atoms with Crippen molar-refractivity contribution in [2.24, 2.45) is 11.5 Å². The SMILES string of the molecule is NC(=O)C[C@H](c1ccc(-c2cn[nH]c2)cc1)c1ccc(Cl)c(Cl)c1.NCC[C@H](c1ccc(-c2cn[nH]c2)cc1)c1ccc(Cl)c(Cl)c1. The zero-order valence-corrected chi connectivity index (χ0v) is 28.2. The van der Waals surface area contributed by atoms with E-state index in [1.165, 1.54) is 5.56 Å². The van der Waals surface area contributed by atoms with Gasteiger partial charge in [0, 0.05) is 41.8 Å². The van der Waals surface area contributed by atoms with Gasteiger partial charge in [-0.25, -0.2) is 0 Å². The van der Waals surface area contributed by atoms with Crippen molar-refractivity contribution < 1.29 is 4.79 Å². The fourth-order valence-corrected chi connectivity index (χ4v) is 6.03. The Morgan fingerprint density at radius 1 is 0.596 bits per heavy atom. The topological polar surface area (TPSA) is 126 Å². The Labute approximate surface area is 293 Å². The van der Waals surface area contributed by atoms with Crippen LogP contribution in [0.1, 0.15) is 46.9 Å². The molecule has 4 aromatic carbocycles. The zero-order valence-electron chi connectivity index (χ0n) is 25.1. The second kappa shape index (κ2) is 16.1. The van der Waals surface area contributed by atoms with E-state index in [0.29, 0.717) is 26.6 Å². The van der Waals surface area contributed by atoms with Crippen LogP contribution in [0.4, 0.5) is 0 Å². The van der Waals surface area contributed by atoms with Gasteiger partial charge in [-0.2, -0.15) is 10.2 Å². The van der Waals surface area contributed by atoms with Crippen LogP contribution in [0.5, 0.6) is 0 Å². The lowest BCUT2D eigenvalue weighted by atomic mass is 9.87. The van der Waals surface area contributed by atoms with Gasteiger partial charge in [0.15, 0.2) is 0 Å². The molecule has 2 atom stereocenters. The molecule has 0 aliphatic rings. The molecule has 0 radical (unpaired) electrons. The number of benzene rings is 4. The van der Waals surface area contributed by atoms with Gasteiger partial charge in [0.25, 0.3) is 0 Å². The normalized spacial score (nSPS) is 12.2. The Balaban J connectivity index is 0.000000185. The molecule has 6 N–H and O–H groups in total. The number of aromatic amines is 2. The minimum Gasteiger partial charge on any atom is -0.370 e. The molecule has 47 heavy (non-hydrogen) atoms. The Morgan fingerprint density at radius 3 is 1.40 bits per heavy atom. The Hall–Kier alpha value is -4.11. The van der Waals surface area contributed by atoms with Crippen molar-refractivity contribution in [3.63, 3.8) is 0 Å². The second-order valence-electron chi connectivity index (χ2n) is 10.9. The van der Waals surface area contributed by atoms with Crippen LogP contribution in [0.2, 0.25) is 20.1 Å². The van der Waals surface area contributed by atoms with Crippen LogP contribution in [0, 0.1) is 0 Å². The average Bonchev–Trinajstić information content (AvgIpc) is 3.82. The summed E-state index contributed by atoms with van der Waals surface area (Å²) < 4.78 is 0. The molecule has 0 saturated heterocycles. The van der Waals surface area contributed by atoms with Crippen LogP contribution >= 0.6 is 46.4 Å². The quantitative estimate of drug-likeness (QED) is 0.113. The highest BCUT2D eigenvalue weighted by Crippen LogP contribution is 2.35. The molecule has 240 valence electrons. The predicted molar refractivity (Wildman–Crippen MR) is 192 cm³/mol. The number of nitrogens with two attached hydrogens (primary N) is 2. The van der Waals surface area contributed by atoms with Crippen molar-refractivity contribution in [2.45, 2.75) is 24.7 Å². The lowest BCUT2D eigenvalue weighted by Gasteiger charge is -2.18. The number of halogens is 4. The number of hydrogen-bond donors (Lipinski definition) is 4. The number of H-pyrrole nitrogens is 2. The van der Waals surface area contributed by atoms with Crippen molar-refractivity contribution in [3.05, 3.63) is 152 Å². The van der Waals surface area contributed by atoms with Crippen molar-refractivity contribution in [1.29, 1.82) is 0 Å². The molecule has 0 fully saturated rings. The van der Waals surface area contributed by atoms with Crippen LogP contribution in [-0.4, -0.2) is 32.8 Å². The summed E-state index contributed by atoms with van der Waals surface area (Å²) in [7, 11) is 0. The van der Waals surface area contributed by atoms with Crippen molar-refractivity contribution in [1.82, 2.24) is 20.4 Å². The number of nitrogens with one attached hydrogen (secondary N) is 2. The van der Waals surface area contributed by atoms with Gasteiger partial charge in [-0.1, -0.05) is 107 Å². The molecule has 11 heteroatoms. The number of carbonyl (C=O) groups is 1. The molecule has 0 aliphatic heterocycles. The summed E-state index contributed by atoms with van der Waals surface area (Å²) in [5.74, 6) is -0.339. The average molecular weight is 707 g/mol. The summed E-state index contributed by atoms with van der Waals surface area (Å²) in [6.45, 7) is 0.606. The zero-order chi connectivity index (χ0) is 33.3. The van der Waals surface area contributed by atoms with Gasteiger partial charge in [0.05, 0.1) is 32.5 Å². The van der Waals surface area contributed by atoms with E-state index in [-0.39, 0.29) is 24.2 Å². The molecule has 0 unspecified atom stereocenters. The van der Waals surface area contributed by atoms with Crippen LogP contribution in [0.3, 0.4) is 0 Å². The summed E-state index contributed by atoms with van der Waals surface area (Å²) in [6.07, 6.45) is 8.33. The van der Waals surface area contributed by atoms with Gasteiger partial charge in [-0.15, -0.1) is 0 Å². The maximum Gasteiger partial charge on any atom is 0.218 e. The highest BCUT2D eigenvalue weighted by Gasteiger charge is 2.19. The van der Waals surface area contributed by atoms with E-state index in [4.69, 9.17) is 57.9 Å². The fraction of sp³-hybridized carbons (Fsp3) is 0.139. The van der Waals surface area contributed by atoms with Gasteiger partial charge in [-0.3, -0.25) is 15.0 Å². The minimum atomic E-state index is -0.370. The molecule has 7 nitrogen and oxygen atoms in total. The third-order valence-corrected chi connectivity index (χ3v) is 9.32. The molecule has 6 rings (SSSR count). The maximum absolute atomic E-state index is 11.5. The van der Waals surface area contributed by atoms with E-state index in [1.807, 2.05) is 67.1 Å². The molecule has 2 aromatic heterocycles. The first-order valence-corrected chi connectivity index (χ1v) is 16.3. The largest absolute Gasteiger partial charge is 0.370 e. The number of aromatic nitrogens is 4. The smallest absolute Gasteiger partial charge is 0.218 e.